The SMILES string of the molecule is CC(=O)O[C@H]1CC2(CC(=O)O[C@@H]2/C=C(\C)CCC=C(C)C)C(=O)C[C@@H]1Nc1ccccc1.CC(=O)O[C@H]1CC2(CC(=O)O[C@@H]2/C=C(\C)CCC=C(C)C)C(=O)C[C@H]1Nc1ccccc1.CC(C)=CCC/C(C)=C/[C@H]1OC(=O)CC12C[C@H](OC(=O)c1ccc(N(C)C)cc1)C=CC2=O.CC(C)=CCC/C(C)=C/[C@H]1OC(=O)CC12C[C@H](OC(=O)c1cccn1C)C=CC2=O. The molecule has 680 valence electrons. The molecule has 4 aliphatic carbocycles. The van der Waals surface area contributed by atoms with E-state index in [9.17, 15) is 57.5 Å². The van der Waals surface area contributed by atoms with Gasteiger partial charge in [0.15, 0.2) is 11.6 Å². The highest BCUT2D eigenvalue weighted by Gasteiger charge is 2.61. The maximum Gasteiger partial charge on any atom is 0.355 e. The summed E-state index contributed by atoms with van der Waals surface area (Å²) < 4.78 is 46.6. The molecule has 24 heteroatoms. The first-order valence-electron chi connectivity index (χ1n) is 44.0. The van der Waals surface area contributed by atoms with E-state index in [0.29, 0.717) is 11.3 Å². The number of hydrogen-bond donors (Lipinski definition) is 2. The summed E-state index contributed by atoms with van der Waals surface area (Å²) in [6.07, 6.45) is 27.4. The van der Waals surface area contributed by atoms with Gasteiger partial charge in [-0.2, -0.15) is 0 Å². The van der Waals surface area contributed by atoms with Gasteiger partial charge in [0.05, 0.1) is 65.0 Å². The number of carbonyl (C=O) groups excluding carboxylic acids is 12. The first kappa shape index (κ1) is 99.0. The number of Topliss-reactive ketones (excluding diaryl/α,β-unsaturated/α-hetero) is 2. The average Bonchev–Trinajstić information content (AvgIpc) is 1.90. The molecule has 3 aromatic carbocycles. The minimum Gasteiger partial charge on any atom is -0.460 e. The maximum atomic E-state index is 13.4. The van der Waals surface area contributed by atoms with Crippen LogP contribution in [0.25, 0.3) is 0 Å². The molecule has 4 saturated heterocycles. The van der Waals surface area contributed by atoms with E-state index in [1.54, 1.807) is 54.2 Å². The monoisotopic (exact) mass is 1740 g/mol. The van der Waals surface area contributed by atoms with Crippen molar-refractivity contribution in [2.45, 2.75) is 273 Å². The second kappa shape index (κ2) is 45.1. The second-order valence-electron chi connectivity index (χ2n) is 36.2. The highest BCUT2D eigenvalue weighted by atomic mass is 16.6. The first-order valence-corrected chi connectivity index (χ1v) is 44.0. The summed E-state index contributed by atoms with van der Waals surface area (Å²) in [5.74, 6) is -3.67. The summed E-state index contributed by atoms with van der Waals surface area (Å²) in [7, 11) is 5.62. The van der Waals surface area contributed by atoms with Crippen molar-refractivity contribution >= 4 is 87.9 Å². The van der Waals surface area contributed by atoms with Gasteiger partial charge in [-0.1, -0.05) is 105 Å². The van der Waals surface area contributed by atoms with Crippen molar-refractivity contribution in [1.82, 2.24) is 4.57 Å². The number of para-hydroxylation sites is 2. The van der Waals surface area contributed by atoms with Crippen molar-refractivity contribution in [3.8, 4) is 0 Å². The van der Waals surface area contributed by atoms with Gasteiger partial charge in [-0.3, -0.25) is 47.9 Å². The van der Waals surface area contributed by atoms with Crippen LogP contribution in [0.3, 0.4) is 0 Å². The van der Waals surface area contributed by atoms with Crippen LogP contribution >= 0.6 is 0 Å². The number of ether oxygens (including phenoxy) is 8. The Labute approximate surface area is 747 Å². The summed E-state index contributed by atoms with van der Waals surface area (Å²) >= 11 is 0. The molecule has 24 nitrogen and oxygen atoms in total. The van der Waals surface area contributed by atoms with Crippen LogP contribution < -0.4 is 15.5 Å². The number of cyclic esters (lactones) is 4. The van der Waals surface area contributed by atoms with Crippen molar-refractivity contribution in [1.29, 1.82) is 0 Å². The van der Waals surface area contributed by atoms with Crippen molar-refractivity contribution in [3.63, 3.8) is 0 Å². The number of aromatic nitrogens is 1. The molecular weight excluding hydrogens is 1610 g/mol. The van der Waals surface area contributed by atoms with Crippen molar-refractivity contribution in [2.24, 2.45) is 28.7 Å². The van der Waals surface area contributed by atoms with Crippen LogP contribution in [-0.4, -0.2) is 150 Å². The summed E-state index contributed by atoms with van der Waals surface area (Å²) in [4.78, 5) is 153. The van der Waals surface area contributed by atoms with Gasteiger partial charge in [0.25, 0.3) is 0 Å². The highest BCUT2D eigenvalue weighted by Crippen LogP contribution is 2.51. The number of ketones is 4. The van der Waals surface area contributed by atoms with Crippen molar-refractivity contribution in [2.75, 3.05) is 29.6 Å². The zero-order valence-corrected chi connectivity index (χ0v) is 76.8. The Morgan fingerprint density at radius 2 is 0.748 bits per heavy atom. The number of nitrogens with one attached hydrogen (secondary N) is 2. The predicted octanol–water partition coefficient (Wildman–Crippen LogP) is 18.4. The van der Waals surface area contributed by atoms with Gasteiger partial charge >= 0.3 is 47.8 Å². The van der Waals surface area contributed by atoms with E-state index in [-0.39, 0.29) is 111 Å². The average molecular weight is 1740 g/mol. The second-order valence-corrected chi connectivity index (χ2v) is 36.2. The topological polar surface area (TPSA) is 311 Å². The molecule has 6 fully saturated rings. The molecule has 12 rings (SSSR count). The van der Waals surface area contributed by atoms with E-state index in [1.807, 2.05) is 144 Å². The Morgan fingerprint density at radius 1 is 0.417 bits per heavy atom. The molecule has 0 bridgehead atoms. The molecule has 8 aliphatic rings. The largest absolute Gasteiger partial charge is 0.460 e. The number of allylic oxidation sites excluding steroid dienone is 14. The predicted molar refractivity (Wildman–Crippen MR) is 487 cm³/mol. The molecule has 4 aromatic rings. The lowest BCUT2D eigenvalue weighted by Gasteiger charge is -2.42. The van der Waals surface area contributed by atoms with Gasteiger partial charge < -0.3 is 58.0 Å². The fourth-order valence-electron chi connectivity index (χ4n) is 17.5. The highest BCUT2D eigenvalue weighted by molar-refractivity contribution is 6.02. The summed E-state index contributed by atoms with van der Waals surface area (Å²) in [6, 6.07) is 28.9. The number of hydrogen-bond acceptors (Lipinski definition) is 23. The normalized spacial score (nSPS) is 26.5. The Bertz CT molecular complexity index is 4850. The molecule has 5 heterocycles. The molecule has 14 atom stereocenters. The van der Waals surface area contributed by atoms with Crippen LogP contribution in [0.4, 0.5) is 17.1 Å². The Balaban J connectivity index is 0.000000191. The molecule has 0 radical (unpaired) electrons. The summed E-state index contributed by atoms with van der Waals surface area (Å²) in [5, 5.41) is 6.67. The van der Waals surface area contributed by atoms with E-state index >= 15 is 0 Å². The van der Waals surface area contributed by atoms with E-state index in [4.69, 9.17) is 37.9 Å². The zero-order chi connectivity index (χ0) is 92.7. The number of aryl methyl sites for hydroxylation is 1. The quantitative estimate of drug-likeness (QED) is 0.0318. The molecule has 1 aromatic heterocycles. The third-order valence-corrected chi connectivity index (χ3v) is 24.3. The van der Waals surface area contributed by atoms with Gasteiger partial charge in [0, 0.05) is 96.8 Å². The summed E-state index contributed by atoms with van der Waals surface area (Å²) in [5.41, 5.74) is 8.76. The lowest BCUT2D eigenvalue weighted by Crippen LogP contribution is -2.54. The number of anilines is 3. The molecule has 4 spiro atoms. The van der Waals surface area contributed by atoms with Gasteiger partial charge in [0.1, 0.15) is 66.1 Å². The minimum absolute atomic E-state index is 0.00318. The molecule has 2 saturated carbocycles. The van der Waals surface area contributed by atoms with Crippen LogP contribution in [0.5, 0.6) is 0 Å². The number of nitrogens with zero attached hydrogens (tertiary/aromatic N) is 2. The third kappa shape index (κ3) is 27.1. The van der Waals surface area contributed by atoms with Gasteiger partial charge in [0.2, 0.25) is 0 Å². The lowest BCUT2D eigenvalue weighted by molar-refractivity contribution is -0.156. The molecule has 2 N–H and O–H groups in total. The van der Waals surface area contributed by atoms with E-state index < -0.39 is 106 Å². The van der Waals surface area contributed by atoms with Crippen LogP contribution in [0.2, 0.25) is 0 Å². The van der Waals surface area contributed by atoms with Crippen LogP contribution in [-0.2, 0) is 92.9 Å². The standard InChI is InChI=1S/C27H33NO5.2C26H33NO5.C24H29NO5/c1-18(2)7-6-8-19(3)15-24-27(17-25(30)33-24)16-22(13-14-23(27)29)32-26(31)20-9-11-21(12-10-20)28(4)5;2*1-17(2)9-8-10-18(3)13-24-26(16-25(30)32-24)15-22(31-19(4)28)21(14-23(26)29)27-20-11-6-5-7-12-20;1-16(2)7-5-8-17(3)13-21-24(15-22(27)30-21)14-18(10-11-20(24)26)29-23(28)19-9-6-12-25(19)4/h7,9-15,22,24H,6,8,16-17H2,1-5H3;2*5-7,9,11-13,21-22,24,27H,8,10,14-16H2,1-4H3;6-7,9-13,18,21H,5,8,14-15H2,1-4H3/b19-15+;2*18-13+;17-13+/t22-,24-,27?;21-,22+,24-,26?;21-,22-,24+,26?;18-,21-,24?/m1101/s1. The number of esters is 8. The number of carbonyl (C=O) groups is 12. The molecule has 0 amide bonds. The van der Waals surface area contributed by atoms with Gasteiger partial charge in [-0.15, -0.1) is 0 Å². The Kier molecular flexibility index (Phi) is 35.1. The van der Waals surface area contributed by atoms with Gasteiger partial charge in [-0.05, 0) is 244 Å². The number of rotatable bonds is 27. The van der Waals surface area contributed by atoms with Crippen LogP contribution in [0.1, 0.15) is 233 Å². The molecule has 4 unspecified atom stereocenters. The molecule has 127 heavy (non-hydrogen) atoms. The van der Waals surface area contributed by atoms with Crippen LogP contribution in [0, 0.1) is 21.7 Å². The zero-order valence-electron chi connectivity index (χ0n) is 76.8. The Hall–Kier alpha value is -11.8. The van der Waals surface area contributed by atoms with E-state index in [1.165, 1.54) is 48.3 Å². The third-order valence-electron chi connectivity index (χ3n) is 24.3. The number of benzene rings is 3. The van der Waals surface area contributed by atoms with Crippen molar-refractivity contribution in [3.05, 3.63) is 232 Å². The first-order chi connectivity index (χ1) is 60.2. The molecular formula is C103H128N4O20. The summed E-state index contributed by atoms with van der Waals surface area (Å²) in [6.45, 7) is 27.1. The van der Waals surface area contributed by atoms with E-state index in [2.05, 4.69) is 90.3 Å². The van der Waals surface area contributed by atoms with E-state index in [0.717, 1.165) is 90.7 Å². The maximum absolute atomic E-state index is 13.4. The lowest BCUT2D eigenvalue weighted by atomic mass is 9.65. The molecule has 4 aliphatic heterocycles. The fourth-order valence-corrected chi connectivity index (χ4v) is 17.5. The van der Waals surface area contributed by atoms with Crippen LogP contribution in [0.15, 0.2) is 221 Å². The van der Waals surface area contributed by atoms with Crippen molar-refractivity contribution < 1.29 is 95.4 Å². The fraction of sp³-hybridized carbons (Fsp3) is 0.476. The smallest absolute Gasteiger partial charge is 0.355 e. The van der Waals surface area contributed by atoms with Gasteiger partial charge in [-0.25, -0.2) is 9.59 Å². The minimum atomic E-state index is -1.04. The Morgan fingerprint density at radius 3 is 1.06 bits per heavy atom.